The first-order valence-electron chi connectivity index (χ1n) is 11.4. The summed E-state index contributed by atoms with van der Waals surface area (Å²) in [6, 6.07) is 29.1. The Balaban J connectivity index is 1.70. The van der Waals surface area contributed by atoms with E-state index in [1.54, 1.807) is 0 Å². The molecule has 1 aliphatic rings. The van der Waals surface area contributed by atoms with Crippen molar-refractivity contribution in [1.29, 1.82) is 0 Å². The van der Waals surface area contributed by atoms with Gasteiger partial charge in [0.25, 0.3) is 5.91 Å². The summed E-state index contributed by atoms with van der Waals surface area (Å²) in [5.74, 6) is 0.152. The zero-order valence-corrected chi connectivity index (χ0v) is 19.4. The van der Waals surface area contributed by atoms with Crippen molar-refractivity contribution < 1.29 is 4.79 Å². The minimum atomic E-state index is -0.658. The lowest BCUT2D eigenvalue weighted by atomic mass is 9.72. The fourth-order valence-electron chi connectivity index (χ4n) is 4.85. The Morgan fingerprint density at radius 2 is 1.41 bits per heavy atom. The first-order chi connectivity index (χ1) is 15.5. The lowest BCUT2D eigenvalue weighted by Crippen LogP contribution is -2.49. The van der Waals surface area contributed by atoms with E-state index in [2.05, 4.69) is 78.6 Å². The van der Waals surface area contributed by atoms with E-state index >= 15 is 0 Å². The number of carbonyl (C=O) groups is 1. The number of nitrogens with zero attached hydrogens (tertiary/aromatic N) is 3. The van der Waals surface area contributed by atoms with Gasteiger partial charge in [0.2, 0.25) is 0 Å². The third-order valence-electron chi connectivity index (χ3n) is 6.48. The highest BCUT2D eigenvalue weighted by atomic mass is 16.2. The van der Waals surface area contributed by atoms with Crippen molar-refractivity contribution in [2.75, 3.05) is 39.2 Å². The molecule has 32 heavy (non-hydrogen) atoms. The van der Waals surface area contributed by atoms with E-state index in [-0.39, 0.29) is 5.91 Å². The Labute approximate surface area is 192 Å². The van der Waals surface area contributed by atoms with Gasteiger partial charge in [0.1, 0.15) is 5.41 Å². The topological polar surface area (TPSA) is 26.8 Å². The van der Waals surface area contributed by atoms with Crippen LogP contribution in [0.15, 0.2) is 84.9 Å². The molecule has 4 nitrogen and oxygen atoms in total. The van der Waals surface area contributed by atoms with Gasteiger partial charge in [-0.2, -0.15) is 0 Å². The van der Waals surface area contributed by atoms with Crippen LogP contribution >= 0.6 is 0 Å². The maximum Gasteiger partial charge on any atom is 0.256 e. The van der Waals surface area contributed by atoms with E-state index < -0.39 is 5.41 Å². The predicted octanol–water partition coefficient (Wildman–Crippen LogP) is 4.75. The number of para-hydroxylation sites is 1. The second-order valence-corrected chi connectivity index (χ2v) is 8.93. The summed E-state index contributed by atoms with van der Waals surface area (Å²) >= 11 is 0. The zero-order valence-electron chi connectivity index (χ0n) is 19.4. The molecule has 0 bridgehead atoms. The molecule has 1 atom stereocenters. The van der Waals surface area contributed by atoms with Gasteiger partial charge in [0.05, 0.1) is 5.69 Å². The van der Waals surface area contributed by atoms with Gasteiger partial charge in [0, 0.05) is 13.6 Å². The van der Waals surface area contributed by atoms with Gasteiger partial charge in [-0.15, -0.1) is 0 Å². The second kappa shape index (κ2) is 9.68. The number of hydrazine groups is 1. The Kier molecular flexibility index (Phi) is 6.73. The standard InChI is InChI=1S/C28H33N3O/c1-29(2)21-12-20-28(24-15-8-5-9-16-24)25-17-10-11-18-26(25)31(27(28)32)30(3)22-19-23-13-6-4-7-14-23/h4-11,13-18H,12,19-22H2,1-3H3/t28-/m1/s1. The highest BCUT2D eigenvalue weighted by Crippen LogP contribution is 2.49. The molecule has 3 aromatic carbocycles. The van der Waals surface area contributed by atoms with E-state index in [0.29, 0.717) is 0 Å². The lowest BCUT2D eigenvalue weighted by molar-refractivity contribution is -0.124. The van der Waals surface area contributed by atoms with Gasteiger partial charge in [0.15, 0.2) is 0 Å². The van der Waals surface area contributed by atoms with Gasteiger partial charge >= 0.3 is 0 Å². The van der Waals surface area contributed by atoms with Gasteiger partial charge in [-0.1, -0.05) is 78.9 Å². The summed E-state index contributed by atoms with van der Waals surface area (Å²) in [7, 11) is 6.20. The zero-order chi connectivity index (χ0) is 22.6. The number of carbonyl (C=O) groups excluding carboxylic acids is 1. The quantitative estimate of drug-likeness (QED) is 0.493. The molecule has 4 heteroatoms. The van der Waals surface area contributed by atoms with Crippen molar-refractivity contribution in [3.8, 4) is 0 Å². The number of fused-ring (bicyclic) bond motifs is 1. The lowest BCUT2D eigenvalue weighted by Gasteiger charge is -2.33. The van der Waals surface area contributed by atoms with Crippen LogP contribution in [-0.4, -0.2) is 50.0 Å². The van der Waals surface area contributed by atoms with Gasteiger partial charge < -0.3 is 4.90 Å². The molecule has 166 valence electrons. The van der Waals surface area contributed by atoms with Crippen LogP contribution in [0.1, 0.15) is 29.5 Å². The van der Waals surface area contributed by atoms with Crippen LogP contribution < -0.4 is 5.01 Å². The third kappa shape index (κ3) is 4.21. The summed E-state index contributed by atoms with van der Waals surface area (Å²) in [4.78, 5) is 16.5. The van der Waals surface area contributed by atoms with E-state index in [1.807, 2.05) is 42.4 Å². The number of hydrogen-bond acceptors (Lipinski definition) is 3. The number of amides is 1. The Bertz CT molecular complexity index is 1030. The number of likely N-dealkylation sites (N-methyl/N-ethyl adjacent to an activating group) is 1. The van der Waals surface area contributed by atoms with E-state index in [0.717, 1.165) is 49.2 Å². The number of rotatable bonds is 9. The molecule has 0 spiro atoms. The van der Waals surface area contributed by atoms with Gasteiger partial charge in [-0.05, 0) is 62.7 Å². The summed E-state index contributed by atoms with van der Waals surface area (Å²) in [6.45, 7) is 1.72. The molecule has 0 saturated carbocycles. The predicted molar refractivity (Wildman–Crippen MR) is 132 cm³/mol. The molecule has 1 amide bonds. The van der Waals surface area contributed by atoms with Gasteiger partial charge in [-0.3, -0.25) is 4.79 Å². The first kappa shape index (κ1) is 22.3. The van der Waals surface area contributed by atoms with Crippen LogP contribution in [0.3, 0.4) is 0 Å². The molecule has 0 aliphatic carbocycles. The monoisotopic (exact) mass is 427 g/mol. The van der Waals surface area contributed by atoms with Crippen LogP contribution in [-0.2, 0) is 16.6 Å². The highest BCUT2D eigenvalue weighted by Gasteiger charge is 2.52. The minimum absolute atomic E-state index is 0.152. The van der Waals surface area contributed by atoms with Crippen molar-refractivity contribution >= 4 is 11.6 Å². The molecule has 1 heterocycles. The summed E-state index contributed by atoms with van der Waals surface area (Å²) in [5.41, 5.74) is 3.81. The van der Waals surface area contributed by atoms with Crippen LogP contribution in [0, 0.1) is 0 Å². The van der Waals surface area contributed by atoms with Crippen LogP contribution in [0.2, 0.25) is 0 Å². The molecule has 0 N–H and O–H groups in total. The Morgan fingerprint density at radius 3 is 2.09 bits per heavy atom. The molecule has 0 saturated heterocycles. The number of hydrogen-bond donors (Lipinski definition) is 0. The molecular weight excluding hydrogens is 394 g/mol. The number of benzene rings is 3. The SMILES string of the molecule is CN(C)CCC[C@]1(c2ccccc2)C(=O)N(N(C)CCc2ccccc2)c2ccccc21. The summed E-state index contributed by atoms with van der Waals surface area (Å²) < 4.78 is 0. The smallest absolute Gasteiger partial charge is 0.256 e. The van der Waals surface area contributed by atoms with Crippen molar-refractivity contribution in [1.82, 2.24) is 9.91 Å². The van der Waals surface area contributed by atoms with Crippen molar-refractivity contribution in [2.45, 2.75) is 24.7 Å². The largest absolute Gasteiger partial charge is 0.309 e. The summed E-state index contributed by atoms with van der Waals surface area (Å²) in [6.07, 6.45) is 2.62. The fourth-order valence-corrected chi connectivity index (χ4v) is 4.85. The first-order valence-corrected chi connectivity index (χ1v) is 11.4. The fraction of sp³-hybridized carbons (Fsp3) is 0.321. The maximum atomic E-state index is 14.3. The third-order valence-corrected chi connectivity index (χ3v) is 6.48. The average Bonchev–Trinajstić information content (AvgIpc) is 3.07. The van der Waals surface area contributed by atoms with E-state index in [1.165, 1.54) is 5.56 Å². The highest BCUT2D eigenvalue weighted by molar-refractivity contribution is 6.09. The van der Waals surface area contributed by atoms with E-state index in [4.69, 9.17) is 0 Å². The van der Waals surface area contributed by atoms with Gasteiger partial charge in [-0.25, -0.2) is 10.0 Å². The molecule has 3 aromatic rings. The molecule has 0 aromatic heterocycles. The number of anilines is 1. The normalized spacial score (nSPS) is 17.9. The molecule has 4 rings (SSSR count). The van der Waals surface area contributed by atoms with Crippen molar-refractivity contribution in [2.24, 2.45) is 0 Å². The minimum Gasteiger partial charge on any atom is -0.309 e. The molecule has 0 unspecified atom stereocenters. The Hall–Kier alpha value is -2.95. The Morgan fingerprint density at radius 1 is 0.781 bits per heavy atom. The summed E-state index contributed by atoms with van der Waals surface area (Å²) in [5, 5.41) is 4.01. The van der Waals surface area contributed by atoms with Crippen molar-refractivity contribution in [3.05, 3.63) is 102 Å². The molecule has 0 radical (unpaired) electrons. The van der Waals surface area contributed by atoms with E-state index in [9.17, 15) is 4.79 Å². The van der Waals surface area contributed by atoms with Crippen LogP contribution in [0.4, 0.5) is 5.69 Å². The van der Waals surface area contributed by atoms with Crippen molar-refractivity contribution in [3.63, 3.8) is 0 Å². The second-order valence-electron chi connectivity index (χ2n) is 8.93. The van der Waals surface area contributed by atoms with Crippen LogP contribution in [0.25, 0.3) is 0 Å². The molecule has 0 fully saturated rings. The molecule has 1 aliphatic heterocycles. The average molecular weight is 428 g/mol. The van der Waals surface area contributed by atoms with Crippen LogP contribution in [0.5, 0.6) is 0 Å². The maximum absolute atomic E-state index is 14.3. The molecular formula is C28H33N3O.